The minimum absolute atomic E-state index is 0.0141. The van der Waals surface area contributed by atoms with E-state index in [1.54, 1.807) is 6.20 Å². The lowest BCUT2D eigenvalue weighted by Crippen LogP contribution is -2.46. The van der Waals surface area contributed by atoms with Gasteiger partial charge in [0.15, 0.2) is 5.13 Å². The van der Waals surface area contributed by atoms with Crippen molar-refractivity contribution in [3.8, 4) is 0 Å². The molecule has 3 heterocycles. The Labute approximate surface area is 140 Å². The summed E-state index contributed by atoms with van der Waals surface area (Å²) < 4.78 is 2.07. The molecule has 0 aromatic carbocycles. The Morgan fingerprint density at radius 2 is 2.30 bits per heavy atom. The molecule has 7 heteroatoms. The predicted molar refractivity (Wildman–Crippen MR) is 91.7 cm³/mol. The number of thiazole rings is 1. The number of carbonyl (C=O) groups is 1. The number of hydrogen-bond acceptors (Lipinski definition) is 5. The number of carbonyl (C=O) groups excluding carboxylic acids is 1. The van der Waals surface area contributed by atoms with E-state index in [-0.39, 0.29) is 5.91 Å². The number of hydrogen-bond donors (Lipinski definition) is 1. The highest BCUT2D eigenvalue weighted by Crippen LogP contribution is 2.19. The first-order chi connectivity index (χ1) is 11.1. The SMILES string of the molecule is Cc1cc(C)n(C[C@H]2CCCCN2CC(=O)Nc2nccs2)n1. The number of amides is 1. The van der Waals surface area contributed by atoms with Crippen LogP contribution in [-0.2, 0) is 11.3 Å². The van der Waals surface area contributed by atoms with Gasteiger partial charge >= 0.3 is 0 Å². The molecule has 124 valence electrons. The van der Waals surface area contributed by atoms with Crippen LogP contribution in [-0.4, -0.2) is 44.7 Å². The van der Waals surface area contributed by atoms with Crippen LogP contribution in [0.15, 0.2) is 17.6 Å². The molecule has 1 N–H and O–H groups in total. The summed E-state index contributed by atoms with van der Waals surface area (Å²) in [6, 6.07) is 2.46. The van der Waals surface area contributed by atoms with Crippen LogP contribution in [0, 0.1) is 13.8 Å². The van der Waals surface area contributed by atoms with E-state index >= 15 is 0 Å². The van der Waals surface area contributed by atoms with Crippen LogP contribution in [0.4, 0.5) is 5.13 Å². The highest BCUT2D eigenvalue weighted by Gasteiger charge is 2.25. The molecule has 0 spiro atoms. The first-order valence-electron chi connectivity index (χ1n) is 8.06. The maximum atomic E-state index is 12.2. The quantitative estimate of drug-likeness (QED) is 0.913. The van der Waals surface area contributed by atoms with Gasteiger partial charge in [0, 0.05) is 23.3 Å². The van der Waals surface area contributed by atoms with E-state index in [4.69, 9.17) is 0 Å². The maximum absolute atomic E-state index is 12.2. The van der Waals surface area contributed by atoms with Crippen molar-refractivity contribution in [3.05, 3.63) is 29.0 Å². The summed E-state index contributed by atoms with van der Waals surface area (Å²) in [6.07, 6.45) is 5.18. The van der Waals surface area contributed by atoms with Crippen molar-refractivity contribution in [3.63, 3.8) is 0 Å². The average molecular weight is 333 g/mol. The minimum Gasteiger partial charge on any atom is -0.301 e. The van der Waals surface area contributed by atoms with Crippen molar-refractivity contribution in [1.29, 1.82) is 0 Å². The van der Waals surface area contributed by atoms with Gasteiger partial charge in [-0.1, -0.05) is 6.42 Å². The summed E-state index contributed by atoms with van der Waals surface area (Å²) in [6.45, 7) is 6.34. The van der Waals surface area contributed by atoms with Gasteiger partial charge < -0.3 is 5.32 Å². The fourth-order valence-corrected chi connectivity index (χ4v) is 3.71. The lowest BCUT2D eigenvalue weighted by atomic mass is 10.0. The van der Waals surface area contributed by atoms with Crippen LogP contribution in [0.5, 0.6) is 0 Å². The standard InChI is InChI=1S/C16H23N5OS/c1-12-9-13(2)21(19-12)10-14-5-3-4-7-20(14)11-15(22)18-16-17-6-8-23-16/h6,8-9,14H,3-5,7,10-11H2,1-2H3,(H,17,18,22)/t14-/m1/s1. The Kier molecular flexibility index (Phi) is 5.07. The number of aryl methyl sites for hydroxylation is 2. The van der Waals surface area contributed by atoms with E-state index in [1.165, 1.54) is 23.5 Å². The Hall–Kier alpha value is -1.73. The van der Waals surface area contributed by atoms with Crippen molar-refractivity contribution < 1.29 is 4.79 Å². The second-order valence-corrected chi connectivity index (χ2v) is 7.01. The van der Waals surface area contributed by atoms with Crippen LogP contribution in [0.2, 0.25) is 0 Å². The third-order valence-corrected chi connectivity index (χ3v) is 4.95. The van der Waals surface area contributed by atoms with Crippen LogP contribution in [0.3, 0.4) is 0 Å². The second-order valence-electron chi connectivity index (χ2n) is 6.11. The predicted octanol–water partition coefficient (Wildman–Crippen LogP) is 2.45. The van der Waals surface area contributed by atoms with Crippen molar-refractivity contribution in [1.82, 2.24) is 19.7 Å². The number of piperidine rings is 1. The highest BCUT2D eigenvalue weighted by atomic mass is 32.1. The van der Waals surface area contributed by atoms with Gasteiger partial charge in [-0.3, -0.25) is 14.4 Å². The number of nitrogens with one attached hydrogen (secondary N) is 1. The van der Waals surface area contributed by atoms with Crippen molar-refractivity contribution in [2.75, 3.05) is 18.4 Å². The zero-order chi connectivity index (χ0) is 16.2. The Morgan fingerprint density at radius 3 is 3.00 bits per heavy atom. The molecule has 1 aliphatic heterocycles. The summed E-state index contributed by atoms with van der Waals surface area (Å²) in [5.41, 5.74) is 2.23. The molecule has 2 aromatic heterocycles. The number of rotatable bonds is 5. The van der Waals surface area contributed by atoms with E-state index in [0.29, 0.717) is 17.7 Å². The van der Waals surface area contributed by atoms with E-state index in [9.17, 15) is 4.79 Å². The van der Waals surface area contributed by atoms with Gasteiger partial charge in [-0.2, -0.15) is 5.10 Å². The molecule has 0 aliphatic carbocycles. The summed E-state index contributed by atoms with van der Waals surface area (Å²) >= 11 is 1.45. The summed E-state index contributed by atoms with van der Waals surface area (Å²) in [7, 11) is 0. The van der Waals surface area contributed by atoms with Crippen molar-refractivity contribution in [2.45, 2.75) is 45.7 Å². The largest absolute Gasteiger partial charge is 0.301 e. The summed E-state index contributed by atoms with van der Waals surface area (Å²) in [4.78, 5) is 18.6. The molecule has 0 saturated carbocycles. The molecule has 1 atom stereocenters. The molecule has 1 amide bonds. The molecule has 23 heavy (non-hydrogen) atoms. The molecule has 3 rings (SSSR count). The maximum Gasteiger partial charge on any atom is 0.240 e. The molecule has 2 aromatic rings. The number of likely N-dealkylation sites (tertiary alicyclic amines) is 1. The molecule has 1 aliphatic rings. The Balaban J connectivity index is 1.61. The summed E-state index contributed by atoms with van der Waals surface area (Å²) in [5.74, 6) is 0.0141. The van der Waals surface area contributed by atoms with Gasteiger partial charge in [0.2, 0.25) is 5.91 Å². The molecule has 0 unspecified atom stereocenters. The molecule has 6 nitrogen and oxygen atoms in total. The minimum atomic E-state index is 0.0141. The van der Waals surface area contributed by atoms with E-state index in [2.05, 4.69) is 38.0 Å². The van der Waals surface area contributed by atoms with Crippen LogP contribution in [0.1, 0.15) is 30.7 Å². The second kappa shape index (κ2) is 7.23. The fraction of sp³-hybridized carbons (Fsp3) is 0.562. The highest BCUT2D eigenvalue weighted by molar-refractivity contribution is 7.13. The monoisotopic (exact) mass is 333 g/mol. The fourth-order valence-electron chi connectivity index (χ4n) is 3.16. The van der Waals surface area contributed by atoms with Crippen LogP contribution < -0.4 is 5.32 Å². The topological polar surface area (TPSA) is 63.1 Å². The van der Waals surface area contributed by atoms with E-state index in [0.717, 1.165) is 31.6 Å². The Bertz CT molecular complexity index is 651. The van der Waals surface area contributed by atoms with Gasteiger partial charge in [0.1, 0.15) is 0 Å². The lowest BCUT2D eigenvalue weighted by Gasteiger charge is -2.35. The number of nitrogens with zero attached hydrogens (tertiary/aromatic N) is 4. The lowest BCUT2D eigenvalue weighted by molar-refractivity contribution is -0.118. The zero-order valence-electron chi connectivity index (χ0n) is 13.7. The summed E-state index contributed by atoms with van der Waals surface area (Å²) in [5, 5.41) is 9.97. The smallest absolute Gasteiger partial charge is 0.240 e. The van der Waals surface area contributed by atoms with Gasteiger partial charge in [0.05, 0.1) is 18.8 Å². The van der Waals surface area contributed by atoms with Gasteiger partial charge in [-0.25, -0.2) is 4.98 Å². The van der Waals surface area contributed by atoms with Gasteiger partial charge in [-0.15, -0.1) is 11.3 Å². The zero-order valence-corrected chi connectivity index (χ0v) is 14.5. The molecule has 1 fully saturated rings. The normalized spacial score (nSPS) is 19.0. The first kappa shape index (κ1) is 16.1. The van der Waals surface area contributed by atoms with E-state index < -0.39 is 0 Å². The first-order valence-corrected chi connectivity index (χ1v) is 8.94. The molecule has 0 radical (unpaired) electrons. The number of aromatic nitrogens is 3. The number of anilines is 1. The molecule has 1 saturated heterocycles. The van der Waals surface area contributed by atoms with Gasteiger partial charge in [0.25, 0.3) is 0 Å². The van der Waals surface area contributed by atoms with Crippen molar-refractivity contribution in [2.24, 2.45) is 0 Å². The van der Waals surface area contributed by atoms with Crippen LogP contribution in [0.25, 0.3) is 0 Å². The molecular formula is C16H23N5OS. The third kappa shape index (κ3) is 4.17. The van der Waals surface area contributed by atoms with Crippen molar-refractivity contribution >= 4 is 22.4 Å². The average Bonchev–Trinajstić information content (AvgIpc) is 3.11. The van der Waals surface area contributed by atoms with Crippen LogP contribution >= 0.6 is 11.3 Å². The molecular weight excluding hydrogens is 310 g/mol. The Morgan fingerprint density at radius 1 is 1.43 bits per heavy atom. The molecule has 0 bridgehead atoms. The van der Waals surface area contributed by atoms with E-state index in [1.807, 2.05) is 12.3 Å². The van der Waals surface area contributed by atoms with Gasteiger partial charge in [-0.05, 0) is 39.3 Å². The third-order valence-electron chi connectivity index (χ3n) is 4.26.